The summed E-state index contributed by atoms with van der Waals surface area (Å²) in [5, 5.41) is 48.0. The number of hydrogen-bond donors (Lipinski definition) is 7. The number of aliphatic carboxylic acids is 1. The molecule has 1 saturated heterocycles. The maximum absolute atomic E-state index is 13.2. The van der Waals surface area contributed by atoms with Crippen molar-refractivity contribution in [2.45, 2.75) is 111 Å². The van der Waals surface area contributed by atoms with Crippen molar-refractivity contribution in [3.05, 3.63) is 23.8 Å². The number of aliphatic hydroxyl groups excluding tert-OH is 3. The summed E-state index contributed by atoms with van der Waals surface area (Å²) in [6.45, 7) is 12.9. The molecule has 1 aliphatic heterocycles. The molecule has 0 aliphatic carbocycles. The molecule has 16 nitrogen and oxygen atoms in total. The van der Waals surface area contributed by atoms with Crippen molar-refractivity contribution in [1.82, 2.24) is 10.6 Å². The Balaban J connectivity index is 2.19. The van der Waals surface area contributed by atoms with Gasteiger partial charge in [0.2, 0.25) is 24.0 Å². The molecule has 0 radical (unpaired) electrons. The summed E-state index contributed by atoms with van der Waals surface area (Å²) >= 11 is 0. The largest absolute Gasteiger partial charge is 0.479 e. The monoisotopic (exact) mass is 697 g/mol. The second-order valence-electron chi connectivity index (χ2n) is 13.0. The third-order valence-electron chi connectivity index (χ3n) is 7.54. The number of amides is 3. The molecular formula is C33H51N3O13. The van der Waals surface area contributed by atoms with E-state index in [9.17, 15) is 44.4 Å². The van der Waals surface area contributed by atoms with Crippen LogP contribution in [0.1, 0.15) is 66.9 Å². The van der Waals surface area contributed by atoms with Gasteiger partial charge in [-0.25, -0.2) is 4.79 Å². The van der Waals surface area contributed by atoms with Crippen LogP contribution in [0.5, 0.6) is 5.75 Å². The van der Waals surface area contributed by atoms with Gasteiger partial charge in [-0.05, 0) is 42.9 Å². The van der Waals surface area contributed by atoms with Gasteiger partial charge in [0, 0.05) is 13.0 Å². The van der Waals surface area contributed by atoms with Crippen LogP contribution >= 0.6 is 0 Å². The molecule has 49 heavy (non-hydrogen) atoms. The molecule has 16 heteroatoms. The SMILES string of the molecule is CC(C)CCOCCC(=O)N[C@H](C(=O)N[C@@H](C)C(=O)Nc1ccc(COC(=O)C(C)C)cc1O[C@@H]1O[C@H](C(=O)O)[C@@H](O)[C@H](O)[C@H]1O)C(C)C. The fraction of sp³-hybridized carbons (Fsp3) is 0.667. The molecule has 7 N–H and O–H groups in total. The van der Waals surface area contributed by atoms with E-state index in [0.717, 1.165) is 6.42 Å². The molecule has 2 rings (SSSR count). The number of benzene rings is 1. The Morgan fingerprint density at radius 3 is 2.14 bits per heavy atom. The molecule has 3 amide bonds. The number of carbonyl (C=O) groups excluding carboxylic acids is 4. The molecule has 1 aliphatic rings. The summed E-state index contributed by atoms with van der Waals surface area (Å²) in [6, 6.07) is 2.16. The van der Waals surface area contributed by atoms with Gasteiger partial charge in [0.15, 0.2) is 6.10 Å². The summed E-state index contributed by atoms with van der Waals surface area (Å²) in [5.74, 6) is -4.23. The lowest BCUT2D eigenvalue weighted by molar-refractivity contribution is -0.271. The van der Waals surface area contributed by atoms with E-state index in [0.29, 0.717) is 18.1 Å². The number of nitrogens with one attached hydrogen (secondary N) is 3. The lowest BCUT2D eigenvalue weighted by atomic mass is 9.99. The number of carbonyl (C=O) groups is 5. The average Bonchev–Trinajstić information content (AvgIpc) is 3.02. The zero-order chi connectivity index (χ0) is 37.0. The van der Waals surface area contributed by atoms with Gasteiger partial charge in [0.1, 0.15) is 42.8 Å². The van der Waals surface area contributed by atoms with Crippen LogP contribution in [0.25, 0.3) is 0 Å². The molecule has 1 aromatic rings. The van der Waals surface area contributed by atoms with Crippen LogP contribution in [0.2, 0.25) is 0 Å². The highest BCUT2D eigenvalue weighted by atomic mass is 16.7. The van der Waals surface area contributed by atoms with Gasteiger partial charge in [-0.2, -0.15) is 0 Å². The third-order valence-corrected chi connectivity index (χ3v) is 7.54. The first-order valence-corrected chi connectivity index (χ1v) is 16.3. The number of esters is 1. The highest BCUT2D eigenvalue weighted by molar-refractivity contribution is 5.99. The van der Waals surface area contributed by atoms with Gasteiger partial charge < -0.3 is 55.3 Å². The number of anilines is 1. The van der Waals surface area contributed by atoms with Crippen molar-refractivity contribution in [3.8, 4) is 5.75 Å². The van der Waals surface area contributed by atoms with E-state index in [-0.39, 0.29) is 42.9 Å². The molecule has 276 valence electrons. The van der Waals surface area contributed by atoms with Crippen LogP contribution in [0.15, 0.2) is 18.2 Å². The third kappa shape index (κ3) is 12.9. The predicted molar refractivity (Wildman–Crippen MR) is 174 cm³/mol. The van der Waals surface area contributed by atoms with Crippen LogP contribution in [-0.2, 0) is 44.8 Å². The molecule has 0 unspecified atom stereocenters. The minimum atomic E-state index is -1.96. The van der Waals surface area contributed by atoms with Gasteiger partial charge in [-0.3, -0.25) is 19.2 Å². The van der Waals surface area contributed by atoms with Crippen molar-refractivity contribution >= 4 is 35.3 Å². The lowest BCUT2D eigenvalue weighted by Crippen LogP contribution is -2.61. The number of hydrogen-bond acceptors (Lipinski definition) is 12. The van der Waals surface area contributed by atoms with Gasteiger partial charge >= 0.3 is 11.9 Å². The first-order valence-electron chi connectivity index (χ1n) is 16.3. The van der Waals surface area contributed by atoms with Crippen molar-refractivity contribution in [2.75, 3.05) is 18.5 Å². The average molecular weight is 698 g/mol. The standard InChI is InChI=1S/C33H51N3O13/c1-16(2)10-12-46-13-11-23(37)36-24(17(3)4)30(42)34-19(7)29(41)35-21-9-8-20(15-47-32(45)18(5)6)14-22(21)48-33-27(40)25(38)26(39)28(49-33)31(43)44/h8-9,14,16-19,24-28,33,38-40H,10-13,15H2,1-7H3,(H,34,42)(H,35,41)(H,36,37)(H,43,44)/t19-,24-,25-,26-,27+,28-,33+/m0/s1. The summed E-state index contributed by atoms with van der Waals surface area (Å²) in [7, 11) is 0. The Labute approximate surface area is 285 Å². The number of carboxylic acids is 1. The van der Waals surface area contributed by atoms with E-state index in [1.54, 1.807) is 27.7 Å². The van der Waals surface area contributed by atoms with Crippen LogP contribution < -0.4 is 20.7 Å². The molecule has 1 heterocycles. The number of carboxylic acid groups (broad SMARTS) is 1. The Hall–Kier alpha value is -3.83. The van der Waals surface area contributed by atoms with Crippen molar-refractivity contribution in [1.29, 1.82) is 0 Å². The van der Waals surface area contributed by atoms with Crippen LogP contribution in [0, 0.1) is 17.8 Å². The van der Waals surface area contributed by atoms with E-state index in [2.05, 4.69) is 29.8 Å². The lowest BCUT2D eigenvalue weighted by Gasteiger charge is -2.38. The van der Waals surface area contributed by atoms with Gasteiger partial charge in [0.05, 0.1) is 18.2 Å². The fourth-order valence-electron chi connectivity index (χ4n) is 4.43. The van der Waals surface area contributed by atoms with E-state index >= 15 is 0 Å². The number of rotatable bonds is 18. The Morgan fingerprint density at radius 2 is 1.55 bits per heavy atom. The molecule has 7 atom stereocenters. The van der Waals surface area contributed by atoms with Gasteiger partial charge in [-0.15, -0.1) is 0 Å². The Bertz CT molecular complexity index is 1290. The smallest absolute Gasteiger partial charge is 0.335 e. The number of aliphatic hydroxyl groups is 3. The molecule has 0 bridgehead atoms. The summed E-state index contributed by atoms with van der Waals surface area (Å²) in [4.78, 5) is 62.5. The zero-order valence-electron chi connectivity index (χ0n) is 29.0. The van der Waals surface area contributed by atoms with Crippen molar-refractivity contribution in [2.24, 2.45) is 17.8 Å². The molecule has 0 spiro atoms. The van der Waals surface area contributed by atoms with Crippen LogP contribution in [0.4, 0.5) is 5.69 Å². The van der Waals surface area contributed by atoms with E-state index in [1.165, 1.54) is 25.1 Å². The molecule has 0 saturated carbocycles. The fourth-order valence-corrected chi connectivity index (χ4v) is 4.43. The minimum absolute atomic E-state index is 0.0144. The van der Waals surface area contributed by atoms with Crippen molar-refractivity contribution in [3.63, 3.8) is 0 Å². The zero-order valence-corrected chi connectivity index (χ0v) is 29.0. The van der Waals surface area contributed by atoms with Crippen LogP contribution in [-0.4, -0.2) is 106 Å². The summed E-state index contributed by atoms with van der Waals surface area (Å²) in [6.07, 6.45) is -8.64. The maximum Gasteiger partial charge on any atom is 0.335 e. The second-order valence-corrected chi connectivity index (χ2v) is 13.0. The first kappa shape index (κ1) is 41.3. The van der Waals surface area contributed by atoms with Crippen LogP contribution in [0.3, 0.4) is 0 Å². The van der Waals surface area contributed by atoms with Gasteiger partial charge in [0.25, 0.3) is 0 Å². The predicted octanol–water partition coefficient (Wildman–Crippen LogP) is 0.694. The first-order chi connectivity index (χ1) is 22.9. The summed E-state index contributed by atoms with van der Waals surface area (Å²) < 4.78 is 21.7. The Kier molecular flexibility index (Phi) is 16.4. The highest BCUT2D eigenvalue weighted by Gasteiger charge is 2.48. The normalized spacial score (nSPS) is 21.9. The molecule has 1 fully saturated rings. The van der Waals surface area contributed by atoms with Gasteiger partial charge in [-0.1, -0.05) is 47.6 Å². The highest BCUT2D eigenvalue weighted by Crippen LogP contribution is 2.31. The molecule has 1 aromatic carbocycles. The second kappa shape index (κ2) is 19.4. The number of ether oxygens (including phenoxy) is 4. The minimum Gasteiger partial charge on any atom is -0.479 e. The van der Waals surface area contributed by atoms with E-state index < -0.39 is 72.5 Å². The van der Waals surface area contributed by atoms with Crippen molar-refractivity contribution < 1.29 is 63.3 Å². The summed E-state index contributed by atoms with van der Waals surface area (Å²) in [5.41, 5.74) is 0.365. The topological polar surface area (TPSA) is 239 Å². The van der Waals surface area contributed by atoms with E-state index in [1.807, 2.05) is 0 Å². The maximum atomic E-state index is 13.2. The Morgan fingerprint density at radius 1 is 0.878 bits per heavy atom. The molecular weight excluding hydrogens is 646 g/mol. The quantitative estimate of drug-likeness (QED) is 0.0827. The molecule has 0 aromatic heterocycles. The van der Waals surface area contributed by atoms with E-state index in [4.69, 9.17) is 18.9 Å².